The van der Waals surface area contributed by atoms with Crippen LogP contribution >= 0.6 is 11.6 Å². The van der Waals surface area contributed by atoms with Gasteiger partial charge in [0, 0.05) is 31.6 Å². The van der Waals surface area contributed by atoms with E-state index in [-0.39, 0.29) is 29.5 Å². The fourth-order valence-corrected chi connectivity index (χ4v) is 3.00. The highest BCUT2D eigenvalue weighted by Gasteiger charge is 2.19. The molecule has 110 valence electrons. The molecule has 1 heterocycles. The van der Waals surface area contributed by atoms with Gasteiger partial charge in [-0.25, -0.2) is 13.1 Å². The molecule has 0 fully saturated rings. The van der Waals surface area contributed by atoms with Crippen LogP contribution in [0.2, 0.25) is 0 Å². The van der Waals surface area contributed by atoms with Gasteiger partial charge in [-0.15, -0.1) is 11.6 Å². The van der Waals surface area contributed by atoms with Crippen LogP contribution in [0.25, 0.3) is 0 Å². The van der Waals surface area contributed by atoms with Crippen LogP contribution in [-0.2, 0) is 20.6 Å². The van der Waals surface area contributed by atoms with E-state index >= 15 is 0 Å². The molecule has 0 saturated heterocycles. The summed E-state index contributed by atoms with van der Waals surface area (Å²) in [5.41, 5.74) is 0.789. The predicted molar refractivity (Wildman–Crippen MR) is 76.0 cm³/mol. The van der Waals surface area contributed by atoms with Gasteiger partial charge in [0.15, 0.2) is 0 Å². The summed E-state index contributed by atoms with van der Waals surface area (Å²) < 4.78 is 33.7. The highest BCUT2D eigenvalue weighted by Crippen LogP contribution is 2.20. The van der Waals surface area contributed by atoms with E-state index in [4.69, 9.17) is 16.3 Å². The average molecular weight is 309 g/mol. The molecule has 0 spiro atoms. The van der Waals surface area contributed by atoms with Gasteiger partial charge in [0.05, 0.1) is 16.9 Å². The molecule has 1 unspecified atom stereocenters. The van der Waals surface area contributed by atoms with Gasteiger partial charge in [-0.2, -0.15) is 0 Å². The Kier molecular flexibility index (Phi) is 5.85. The molecule has 0 aliphatic heterocycles. The van der Waals surface area contributed by atoms with Crippen molar-refractivity contribution in [3.05, 3.63) is 18.0 Å². The molecular weight excluding hydrogens is 288 g/mol. The maximum absolute atomic E-state index is 12.1. The zero-order valence-electron chi connectivity index (χ0n) is 11.7. The van der Waals surface area contributed by atoms with E-state index < -0.39 is 10.0 Å². The summed E-state index contributed by atoms with van der Waals surface area (Å²) in [6, 6.07) is 1.77. The lowest BCUT2D eigenvalue weighted by Crippen LogP contribution is -2.31. The van der Waals surface area contributed by atoms with Crippen LogP contribution in [-0.4, -0.2) is 32.7 Å². The topological polar surface area (TPSA) is 60.3 Å². The van der Waals surface area contributed by atoms with Gasteiger partial charge in [0.1, 0.15) is 0 Å². The molecule has 0 radical (unpaired) electrons. The first-order valence-corrected chi connectivity index (χ1v) is 8.12. The van der Waals surface area contributed by atoms with E-state index in [0.717, 1.165) is 5.69 Å². The van der Waals surface area contributed by atoms with E-state index in [1.54, 1.807) is 26.3 Å². The highest BCUT2D eigenvalue weighted by atomic mass is 35.5. The number of alkyl halides is 1. The summed E-state index contributed by atoms with van der Waals surface area (Å²) in [5, 5.41) is 0. The van der Waals surface area contributed by atoms with Gasteiger partial charge in [-0.05, 0) is 26.8 Å². The molecule has 5 nitrogen and oxygen atoms in total. The van der Waals surface area contributed by atoms with Gasteiger partial charge in [0.2, 0.25) is 10.0 Å². The minimum absolute atomic E-state index is 0.163. The molecule has 0 amide bonds. The van der Waals surface area contributed by atoms with Crippen LogP contribution in [0.1, 0.15) is 32.5 Å². The molecular formula is C12H21ClN2O3S. The Balaban J connectivity index is 2.95. The van der Waals surface area contributed by atoms with Crippen molar-refractivity contribution in [3.63, 3.8) is 0 Å². The van der Waals surface area contributed by atoms with Crippen molar-refractivity contribution in [3.8, 4) is 0 Å². The van der Waals surface area contributed by atoms with Crippen molar-refractivity contribution in [1.29, 1.82) is 0 Å². The van der Waals surface area contributed by atoms with Crippen LogP contribution < -0.4 is 4.72 Å². The highest BCUT2D eigenvalue weighted by molar-refractivity contribution is 7.89. The monoisotopic (exact) mass is 308 g/mol. The molecule has 1 atom stereocenters. The average Bonchev–Trinajstić information content (AvgIpc) is 2.81. The van der Waals surface area contributed by atoms with Crippen molar-refractivity contribution in [2.75, 3.05) is 13.7 Å². The van der Waals surface area contributed by atoms with Gasteiger partial charge >= 0.3 is 0 Å². The molecule has 1 aromatic heterocycles. The molecule has 0 aromatic carbocycles. The van der Waals surface area contributed by atoms with Crippen LogP contribution in [0.5, 0.6) is 0 Å². The summed E-state index contributed by atoms with van der Waals surface area (Å²) >= 11 is 5.83. The van der Waals surface area contributed by atoms with E-state index in [0.29, 0.717) is 0 Å². The van der Waals surface area contributed by atoms with Gasteiger partial charge < -0.3 is 9.30 Å². The van der Waals surface area contributed by atoms with Crippen LogP contribution in [0.3, 0.4) is 0 Å². The lowest BCUT2D eigenvalue weighted by atomic mass is 10.4. The number of ether oxygens (including phenoxy) is 1. The lowest BCUT2D eigenvalue weighted by Gasteiger charge is -2.11. The SMILES string of the molecule is COC(C)CNS(=O)(=O)c1cc(CCl)n(C(C)C)c1. The van der Waals surface area contributed by atoms with Gasteiger partial charge in [0.25, 0.3) is 0 Å². The third-order valence-electron chi connectivity index (χ3n) is 2.87. The first-order chi connectivity index (χ1) is 8.81. The Morgan fingerprint density at radius 1 is 1.42 bits per heavy atom. The molecule has 0 aliphatic rings. The molecule has 1 N–H and O–H groups in total. The summed E-state index contributed by atoms with van der Waals surface area (Å²) in [7, 11) is -1.98. The third kappa shape index (κ3) is 4.21. The third-order valence-corrected chi connectivity index (χ3v) is 4.54. The molecule has 19 heavy (non-hydrogen) atoms. The van der Waals surface area contributed by atoms with Crippen molar-refractivity contribution < 1.29 is 13.2 Å². The number of hydrogen-bond acceptors (Lipinski definition) is 3. The number of aromatic nitrogens is 1. The first-order valence-electron chi connectivity index (χ1n) is 6.11. The minimum Gasteiger partial charge on any atom is -0.380 e. The maximum Gasteiger partial charge on any atom is 0.242 e. The van der Waals surface area contributed by atoms with Crippen LogP contribution in [0, 0.1) is 0 Å². The fourth-order valence-electron chi connectivity index (χ4n) is 1.62. The second-order valence-corrected chi connectivity index (χ2v) is 6.73. The van der Waals surface area contributed by atoms with Crippen molar-refractivity contribution >= 4 is 21.6 Å². The number of nitrogens with zero attached hydrogens (tertiary/aromatic N) is 1. The van der Waals surface area contributed by atoms with Crippen LogP contribution in [0.15, 0.2) is 17.2 Å². The molecule has 0 bridgehead atoms. The quantitative estimate of drug-likeness (QED) is 0.785. The van der Waals surface area contributed by atoms with E-state index in [2.05, 4.69) is 4.72 Å². The zero-order valence-corrected chi connectivity index (χ0v) is 13.3. The van der Waals surface area contributed by atoms with Gasteiger partial charge in [-0.1, -0.05) is 0 Å². The van der Waals surface area contributed by atoms with Gasteiger partial charge in [-0.3, -0.25) is 0 Å². The molecule has 0 saturated carbocycles. The second-order valence-electron chi connectivity index (χ2n) is 4.70. The Bertz CT molecular complexity index is 511. The Morgan fingerprint density at radius 2 is 2.05 bits per heavy atom. The minimum atomic E-state index is -3.52. The maximum atomic E-state index is 12.1. The summed E-state index contributed by atoms with van der Waals surface area (Å²) in [6.07, 6.45) is 1.44. The largest absolute Gasteiger partial charge is 0.380 e. The number of rotatable bonds is 7. The normalized spacial score (nSPS) is 14.0. The Morgan fingerprint density at radius 3 is 2.47 bits per heavy atom. The summed E-state index contributed by atoms with van der Waals surface area (Å²) in [4.78, 5) is 0.236. The standard InChI is InChI=1S/C12H21ClN2O3S/c1-9(2)15-8-12(5-11(15)6-13)19(16,17)14-7-10(3)18-4/h5,8-10,14H,6-7H2,1-4H3. The number of hydrogen-bond donors (Lipinski definition) is 1. The number of nitrogens with one attached hydrogen (secondary N) is 1. The van der Waals surface area contributed by atoms with Crippen molar-refractivity contribution in [2.45, 2.75) is 43.7 Å². The lowest BCUT2D eigenvalue weighted by molar-refractivity contribution is 0.122. The molecule has 1 rings (SSSR count). The molecule has 0 aliphatic carbocycles. The molecule has 1 aromatic rings. The number of methoxy groups -OCH3 is 1. The Hall–Kier alpha value is -0.560. The predicted octanol–water partition coefficient (Wildman–Crippen LogP) is 2.12. The zero-order chi connectivity index (χ0) is 14.6. The van der Waals surface area contributed by atoms with Crippen molar-refractivity contribution in [1.82, 2.24) is 9.29 Å². The summed E-state index contributed by atoms with van der Waals surface area (Å²) in [5.74, 6) is 0.280. The van der Waals surface area contributed by atoms with Crippen molar-refractivity contribution in [2.24, 2.45) is 0 Å². The second kappa shape index (κ2) is 6.74. The van der Waals surface area contributed by atoms with E-state index in [9.17, 15) is 8.42 Å². The number of sulfonamides is 1. The number of halogens is 1. The van der Waals surface area contributed by atoms with E-state index in [1.807, 2.05) is 18.4 Å². The summed E-state index contributed by atoms with van der Waals surface area (Å²) in [6.45, 7) is 5.99. The Labute approximate surface area is 119 Å². The van der Waals surface area contributed by atoms with E-state index in [1.165, 1.54) is 0 Å². The van der Waals surface area contributed by atoms with Crippen LogP contribution in [0.4, 0.5) is 0 Å². The smallest absolute Gasteiger partial charge is 0.242 e. The first kappa shape index (κ1) is 16.5. The fraction of sp³-hybridized carbons (Fsp3) is 0.667. The molecule has 7 heteroatoms.